The van der Waals surface area contributed by atoms with Crippen LogP contribution >= 0.6 is 27.5 Å². The first kappa shape index (κ1) is 21.7. The Hall–Kier alpha value is -2.05. The molecular weight excluding hydrogens is 454 g/mol. The monoisotopic (exact) mass is 477 g/mol. The van der Waals surface area contributed by atoms with Crippen LogP contribution in [0.3, 0.4) is 0 Å². The summed E-state index contributed by atoms with van der Waals surface area (Å²) in [5.41, 5.74) is 1.78. The second-order valence-electron chi connectivity index (χ2n) is 7.25. The highest BCUT2D eigenvalue weighted by Gasteiger charge is 2.23. The van der Waals surface area contributed by atoms with Gasteiger partial charge in [-0.2, -0.15) is 0 Å². The summed E-state index contributed by atoms with van der Waals surface area (Å²) in [6.07, 6.45) is 2.09. The van der Waals surface area contributed by atoms with Crippen molar-refractivity contribution in [2.45, 2.75) is 19.3 Å². The van der Waals surface area contributed by atoms with Crippen molar-refractivity contribution in [3.63, 3.8) is 0 Å². The molecular formula is C22H25BrClN3O2. The zero-order valence-corrected chi connectivity index (χ0v) is 18.5. The second kappa shape index (κ2) is 10.6. The number of hydrogen-bond donors (Lipinski definition) is 2. The highest BCUT2D eigenvalue weighted by molar-refractivity contribution is 9.10. The third-order valence-electron chi connectivity index (χ3n) is 5.02. The Morgan fingerprint density at radius 1 is 1.14 bits per heavy atom. The molecule has 0 spiro atoms. The van der Waals surface area contributed by atoms with Gasteiger partial charge in [-0.05, 0) is 61.2 Å². The molecule has 1 unspecified atom stereocenters. The first-order valence-corrected chi connectivity index (χ1v) is 11.0. The molecule has 1 fully saturated rings. The quantitative estimate of drug-likeness (QED) is 0.558. The first-order chi connectivity index (χ1) is 14.0. The molecule has 1 heterocycles. The van der Waals surface area contributed by atoms with E-state index in [1.54, 1.807) is 24.3 Å². The molecule has 0 bridgehead atoms. The van der Waals surface area contributed by atoms with E-state index in [-0.39, 0.29) is 11.8 Å². The van der Waals surface area contributed by atoms with Crippen LogP contribution in [0.5, 0.6) is 0 Å². The van der Waals surface area contributed by atoms with E-state index < -0.39 is 0 Å². The smallest absolute Gasteiger partial charge is 0.251 e. The van der Waals surface area contributed by atoms with Crippen LogP contribution in [-0.2, 0) is 4.79 Å². The molecule has 2 N–H and O–H groups in total. The molecule has 1 aliphatic heterocycles. The van der Waals surface area contributed by atoms with Gasteiger partial charge in [0, 0.05) is 53.3 Å². The summed E-state index contributed by atoms with van der Waals surface area (Å²) < 4.78 is 1.08. The fraction of sp³-hybridized carbons (Fsp3) is 0.364. The molecule has 1 aliphatic rings. The maximum absolute atomic E-state index is 12.1. The highest BCUT2D eigenvalue weighted by Crippen LogP contribution is 2.25. The van der Waals surface area contributed by atoms with E-state index in [1.807, 2.05) is 12.1 Å². The van der Waals surface area contributed by atoms with E-state index in [1.165, 1.54) is 5.69 Å². The number of nitrogens with one attached hydrogen (secondary N) is 2. The minimum Gasteiger partial charge on any atom is -0.371 e. The van der Waals surface area contributed by atoms with Crippen molar-refractivity contribution in [3.05, 3.63) is 63.6 Å². The highest BCUT2D eigenvalue weighted by atomic mass is 79.9. The van der Waals surface area contributed by atoms with E-state index in [0.29, 0.717) is 42.4 Å². The van der Waals surface area contributed by atoms with Gasteiger partial charge in [-0.3, -0.25) is 9.59 Å². The van der Waals surface area contributed by atoms with Crippen LogP contribution in [0.2, 0.25) is 5.02 Å². The van der Waals surface area contributed by atoms with E-state index in [4.69, 9.17) is 11.6 Å². The van der Waals surface area contributed by atoms with Crippen molar-refractivity contribution in [1.82, 2.24) is 10.6 Å². The Morgan fingerprint density at radius 2 is 1.93 bits per heavy atom. The number of carbonyl (C=O) groups excluding carboxylic acids is 2. The lowest BCUT2D eigenvalue weighted by Gasteiger charge is -2.19. The zero-order chi connectivity index (χ0) is 20.6. The summed E-state index contributed by atoms with van der Waals surface area (Å²) in [6.45, 7) is 3.12. The number of anilines is 1. The van der Waals surface area contributed by atoms with Gasteiger partial charge in [0.25, 0.3) is 5.91 Å². The van der Waals surface area contributed by atoms with Crippen LogP contribution in [0.1, 0.15) is 29.6 Å². The molecule has 0 radical (unpaired) electrons. The van der Waals surface area contributed by atoms with Crippen molar-refractivity contribution in [1.29, 1.82) is 0 Å². The Bertz CT molecular complexity index is 844. The number of halogens is 2. The lowest BCUT2D eigenvalue weighted by molar-refractivity contribution is -0.121. The van der Waals surface area contributed by atoms with Crippen molar-refractivity contribution >= 4 is 45.0 Å². The van der Waals surface area contributed by atoms with Gasteiger partial charge in [0.2, 0.25) is 5.91 Å². The Kier molecular flexibility index (Phi) is 7.95. The van der Waals surface area contributed by atoms with Crippen molar-refractivity contribution in [3.8, 4) is 0 Å². The lowest BCUT2D eigenvalue weighted by Crippen LogP contribution is -2.32. The van der Waals surface area contributed by atoms with Gasteiger partial charge in [0.05, 0.1) is 0 Å². The molecule has 154 valence electrons. The summed E-state index contributed by atoms with van der Waals surface area (Å²) in [6, 6.07) is 15.0. The van der Waals surface area contributed by atoms with Gasteiger partial charge in [-0.25, -0.2) is 0 Å². The van der Waals surface area contributed by atoms with E-state index in [2.05, 4.69) is 43.6 Å². The topological polar surface area (TPSA) is 61.4 Å². The third kappa shape index (κ3) is 6.75. The molecule has 3 rings (SSSR count). The first-order valence-electron chi connectivity index (χ1n) is 9.82. The second-order valence-corrected chi connectivity index (χ2v) is 8.60. The van der Waals surface area contributed by atoms with Gasteiger partial charge in [0.15, 0.2) is 0 Å². The molecule has 1 saturated heterocycles. The number of amides is 2. The predicted molar refractivity (Wildman–Crippen MR) is 120 cm³/mol. The fourth-order valence-electron chi connectivity index (χ4n) is 3.41. The number of hydrogen-bond acceptors (Lipinski definition) is 3. The zero-order valence-electron chi connectivity index (χ0n) is 16.2. The third-order valence-corrected chi connectivity index (χ3v) is 5.76. The molecule has 1 atom stereocenters. The maximum Gasteiger partial charge on any atom is 0.251 e. The van der Waals surface area contributed by atoms with Gasteiger partial charge in [-0.1, -0.05) is 33.6 Å². The van der Waals surface area contributed by atoms with Crippen LogP contribution in [0.4, 0.5) is 5.69 Å². The Labute approximate surface area is 184 Å². The molecule has 0 aliphatic carbocycles. The van der Waals surface area contributed by atoms with E-state index in [9.17, 15) is 9.59 Å². The van der Waals surface area contributed by atoms with Gasteiger partial charge < -0.3 is 15.5 Å². The summed E-state index contributed by atoms with van der Waals surface area (Å²) in [5, 5.41) is 6.46. The number of nitrogens with zero attached hydrogens (tertiary/aromatic N) is 1. The Balaban J connectivity index is 1.30. The lowest BCUT2D eigenvalue weighted by atomic mass is 10.1. The standard InChI is InChI=1S/C22H25BrClN3O2/c23-18-3-1-4-20(13-18)27-12-10-16(15-27)14-26-21(28)5-2-11-25-22(29)17-6-8-19(24)9-7-17/h1,3-4,6-9,13,16H,2,5,10-12,14-15H2,(H,25,29)(H,26,28). The molecule has 2 aromatic rings. The molecule has 0 saturated carbocycles. The number of carbonyl (C=O) groups is 2. The minimum absolute atomic E-state index is 0.0339. The summed E-state index contributed by atoms with van der Waals surface area (Å²) in [7, 11) is 0. The van der Waals surface area contributed by atoms with Crippen LogP contribution in [-0.4, -0.2) is 38.0 Å². The number of benzene rings is 2. The summed E-state index contributed by atoms with van der Waals surface area (Å²) in [5.74, 6) is 0.342. The maximum atomic E-state index is 12.1. The van der Waals surface area contributed by atoms with Crippen molar-refractivity contribution in [2.24, 2.45) is 5.92 Å². The van der Waals surface area contributed by atoms with Gasteiger partial charge in [-0.15, -0.1) is 0 Å². The summed E-state index contributed by atoms with van der Waals surface area (Å²) in [4.78, 5) is 26.5. The van der Waals surface area contributed by atoms with Gasteiger partial charge >= 0.3 is 0 Å². The molecule has 5 nitrogen and oxygen atoms in total. The molecule has 2 aromatic carbocycles. The average molecular weight is 479 g/mol. The van der Waals surface area contributed by atoms with Crippen molar-refractivity contribution in [2.75, 3.05) is 31.1 Å². The molecule has 0 aromatic heterocycles. The largest absolute Gasteiger partial charge is 0.371 e. The molecule has 7 heteroatoms. The van der Waals surface area contributed by atoms with Crippen LogP contribution < -0.4 is 15.5 Å². The van der Waals surface area contributed by atoms with Crippen molar-refractivity contribution < 1.29 is 9.59 Å². The van der Waals surface area contributed by atoms with Crippen LogP contribution in [0, 0.1) is 5.92 Å². The van der Waals surface area contributed by atoms with E-state index in [0.717, 1.165) is 24.0 Å². The SMILES string of the molecule is O=C(CCCNC(=O)c1ccc(Cl)cc1)NCC1CCN(c2cccc(Br)c2)C1. The van der Waals surface area contributed by atoms with Crippen LogP contribution in [0.15, 0.2) is 53.0 Å². The normalized spacial score (nSPS) is 15.9. The average Bonchev–Trinajstić information content (AvgIpc) is 3.19. The molecule has 2 amide bonds. The van der Waals surface area contributed by atoms with Gasteiger partial charge in [0.1, 0.15) is 0 Å². The minimum atomic E-state index is -0.152. The number of rotatable bonds is 8. The van der Waals surface area contributed by atoms with Crippen LogP contribution in [0.25, 0.3) is 0 Å². The summed E-state index contributed by atoms with van der Waals surface area (Å²) >= 11 is 9.33. The Morgan fingerprint density at radius 3 is 2.69 bits per heavy atom. The fourth-order valence-corrected chi connectivity index (χ4v) is 3.92. The molecule has 29 heavy (non-hydrogen) atoms. The predicted octanol–water partition coefficient (Wildman–Crippen LogP) is 4.26. The van der Waals surface area contributed by atoms with E-state index >= 15 is 0 Å².